The lowest BCUT2D eigenvalue weighted by Gasteiger charge is -2.10. The molecular weight excluding hydrogens is 140 g/mol. The first-order valence-corrected chi connectivity index (χ1v) is 3.79. The summed E-state index contributed by atoms with van der Waals surface area (Å²) >= 11 is 0. The summed E-state index contributed by atoms with van der Waals surface area (Å²) in [5, 5.41) is 10.3. The fraction of sp³-hybridized carbons (Fsp3) is 0.750. The van der Waals surface area contributed by atoms with Gasteiger partial charge in [-0.1, -0.05) is 0 Å². The van der Waals surface area contributed by atoms with Crippen LogP contribution in [0.5, 0.6) is 0 Å². The predicted octanol–water partition coefficient (Wildman–Crippen LogP) is 0.841. The van der Waals surface area contributed by atoms with Gasteiger partial charge >= 0.3 is 0 Å². The Kier molecular flexibility index (Phi) is 4.70. The van der Waals surface area contributed by atoms with Gasteiger partial charge in [0.2, 0.25) is 0 Å². The van der Waals surface area contributed by atoms with Gasteiger partial charge in [0, 0.05) is 5.71 Å². The van der Waals surface area contributed by atoms with E-state index in [2.05, 4.69) is 5.32 Å². The molecule has 0 radical (unpaired) electrons. The van der Waals surface area contributed by atoms with E-state index in [1.807, 2.05) is 7.05 Å². The molecule has 0 fully saturated rings. The van der Waals surface area contributed by atoms with Gasteiger partial charge in [0.15, 0.2) is 0 Å². The molecule has 0 aliphatic rings. The molecule has 3 heteroatoms. The van der Waals surface area contributed by atoms with Crippen LogP contribution in [0, 0.1) is 11.3 Å². The number of carbonyl (C=O) groups excluding carboxylic acids is 1. The van der Waals surface area contributed by atoms with Crippen LogP contribution in [-0.2, 0) is 4.79 Å². The molecule has 1 atom stereocenters. The monoisotopic (exact) mass is 156 g/mol. The Morgan fingerprint density at radius 1 is 1.55 bits per heavy atom. The Hall–Kier alpha value is -0.700. The Bertz CT molecular complexity index is 140. The maximum Gasteiger partial charge on any atom is 0.138 e. The summed E-state index contributed by atoms with van der Waals surface area (Å²) in [7, 11) is 1.84. The van der Waals surface area contributed by atoms with E-state index in [0.29, 0.717) is 5.71 Å². The van der Waals surface area contributed by atoms with E-state index in [0.717, 1.165) is 13.0 Å². The SMILES string of the molecule is CNCCC(C(C)=N)C(C)=O. The molecule has 0 aromatic heterocycles. The van der Waals surface area contributed by atoms with Crippen molar-refractivity contribution < 1.29 is 4.79 Å². The number of Topliss-reactive ketones (excluding diaryl/α,β-unsaturated/α-hetero) is 1. The summed E-state index contributed by atoms with van der Waals surface area (Å²) in [4.78, 5) is 10.9. The zero-order chi connectivity index (χ0) is 8.85. The molecular formula is C8H16N2O. The van der Waals surface area contributed by atoms with Crippen molar-refractivity contribution in [1.82, 2.24) is 5.32 Å². The maximum absolute atomic E-state index is 10.9. The van der Waals surface area contributed by atoms with Crippen molar-refractivity contribution in [2.75, 3.05) is 13.6 Å². The lowest BCUT2D eigenvalue weighted by atomic mass is 9.96. The van der Waals surface area contributed by atoms with Gasteiger partial charge in [-0.15, -0.1) is 0 Å². The van der Waals surface area contributed by atoms with E-state index in [9.17, 15) is 4.79 Å². The van der Waals surface area contributed by atoms with Crippen LogP contribution in [0.15, 0.2) is 0 Å². The lowest BCUT2D eigenvalue weighted by Crippen LogP contribution is -2.23. The zero-order valence-corrected chi connectivity index (χ0v) is 7.40. The lowest BCUT2D eigenvalue weighted by molar-refractivity contribution is -0.118. The van der Waals surface area contributed by atoms with Gasteiger partial charge < -0.3 is 10.7 Å². The van der Waals surface area contributed by atoms with Crippen molar-refractivity contribution in [2.24, 2.45) is 5.92 Å². The number of nitrogens with one attached hydrogen (secondary N) is 2. The van der Waals surface area contributed by atoms with E-state index in [1.165, 1.54) is 0 Å². The molecule has 0 heterocycles. The van der Waals surface area contributed by atoms with Gasteiger partial charge in [0.05, 0.1) is 5.92 Å². The van der Waals surface area contributed by atoms with Crippen LogP contribution in [0.4, 0.5) is 0 Å². The van der Waals surface area contributed by atoms with Gasteiger partial charge in [-0.25, -0.2) is 0 Å². The third-order valence-electron chi connectivity index (χ3n) is 1.70. The largest absolute Gasteiger partial charge is 0.320 e. The first-order valence-electron chi connectivity index (χ1n) is 3.79. The molecule has 0 aromatic carbocycles. The molecule has 0 rings (SSSR count). The van der Waals surface area contributed by atoms with Crippen molar-refractivity contribution in [2.45, 2.75) is 20.3 Å². The molecule has 0 saturated carbocycles. The Morgan fingerprint density at radius 3 is 2.36 bits per heavy atom. The van der Waals surface area contributed by atoms with E-state index in [1.54, 1.807) is 13.8 Å². The van der Waals surface area contributed by atoms with E-state index in [-0.39, 0.29) is 11.7 Å². The molecule has 64 valence electrons. The molecule has 2 N–H and O–H groups in total. The fourth-order valence-electron chi connectivity index (χ4n) is 1.01. The van der Waals surface area contributed by atoms with Crippen LogP contribution in [0.3, 0.4) is 0 Å². The number of hydrogen-bond donors (Lipinski definition) is 2. The summed E-state index contributed by atoms with van der Waals surface area (Å²) in [6, 6.07) is 0. The average molecular weight is 156 g/mol. The number of carbonyl (C=O) groups is 1. The van der Waals surface area contributed by atoms with Crippen molar-refractivity contribution in [1.29, 1.82) is 5.41 Å². The maximum atomic E-state index is 10.9. The van der Waals surface area contributed by atoms with Crippen molar-refractivity contribution in [3.63, 3.8) is 0 Å². The molecule has 3 nitrogen and oxygen atoms in total. The molecule has 1 unspecified atom stereocenters. The summed E-state index contributed by atoms with van der Waals surface area (Å²) in [6.07, 6.45) is 0.737. The predicted molar refractivity (Wildman–Crippen MR) is 46.1 cm³/mol. The Labute approximate surface area is 67.7 Å². The molecule has 0 amide bonds. The second-order valence-electron chi connectivity index (χ2n) is 2.74. The zero-order valence-electron chi connectivity index (χ0n) is 7.40. The minimum absolute atomic E-state index is 0.0905. The normalized spacial score (nSPS) is 12.6. The summed E-state index contributed by atoms with van der Waals surface area (Å²) in [5.74, 6) is -0.0878. The highest BCUT2D eigenvalue weighted by molar-refractivity contribution is 6.01. The van der Waals surface area contributed by atoms with Crippen LogP contribution >= 0.6 is 0 Å². The average Bonchev–Trinajstić information content (AvgIpc) is 1.87. The molecule has 0 aliphatic heterocycles. The van der Waals surface area contributed by atoms with Gasteiger partial charge in [0.1, 0.15) is 5.78 Å². The quantitative estimate of drug-likeness (QED) is 0.579. The second kappa shape index (κ2) is 5.02. The van der Waals surface area contributed by atoms with Crippen LogP contribution in [-0.4, -0.2) is 25.1 Å². The molecule has 0 saturated heterocycles. The Morgan fingerprint density at radius 2 is 2.09 bits per heavy atom. The molecule has 0 aliphatic carbocycles. The van der Waals surface area contributed by atoms with Crippen LogP contribution in [0.2, 0.25) is 0 Å². The molecule has 0 bridgehead atoms. The number of ketones is 1. The van der Waals surface area contributed by atoms with Crippen LogP contribution in [0.25, 0.3) is 0 Å². The van der Waals surface area contributed by atoms with Gasteiger partial charge in [-0.05, 0) is 33.9 Å². The third kappa shape index (κ3) is 3.88. The highest BCUT2D eigenvalue weighted by Crippen LogP contribution is 2.04. The number of hydrogen-bond acceptors (Lipinski definition) is 3. The van der Waals surface area contributed by atoms with Crippen molar-refractivity contribution in [3.8, 4) is 0 Å². The topological polar surface area (TPSA) is 53.0 Å². The fourth-order valence-corrected chi connectivity index (χ4v) is 1.01. The minimum Gasteiger partial charge on any atom is -0.320 e. The standard InChI is InChI=1S/C8H16N2O/c1-6(9)8(7(2)11)4-5-10-3/h8-10H,4-5H2,1-3H3. The van der Waals surface area contributed by atoms with Gasteiger partial charge in [0.25, 0.3) is 0 Å². The minimum atomic E-state index is -0.178. The van der Waals surface area contributed by atoms with E-state index in [4.69, 9.17) is 5.41 Å². The van der Waals surface area contributed by atoms with Crippen LogP contribution < -0.4 is 5.32 Å². The molecule has 11 heavy (non-hydrogen) atoms. The van der Waals surface area contributed by atoms with Crippen LogP contribution in [0.1, 0.15) is 20.3 Å². The molecule has 0 spiro atoms. The highest BCUT2D eigenvalue weighted by atomic mass is 16.1. The van der Waals surface area contributed by atoms with E-state index >= 15 is 0 Å². The highest BCUT2D eigenvalue weighted by Gasteiger charge is 2.14. The van der Waals surface area contributed by atoms with Crippen molar-refractivity contribution >= 4 is 11.5 Å². The van der Waals surface area contributed by atoms with Gasteiger partial charge in [-0.3, -0.25) is 4.79 Å². The number of rotatable bonds is 5. The second-order valence-corrected chi connectivity index (χ2v) is 2.74. The smallest absolute Gasteiger partial charge is 0.138 e. The molecule has 0 aromatic rings. The van der Waals surface area contributed by atoms with Gasteiger partial charge in [-0.2, -0.15) is 0 Å². The first kappa shape index (κ1) is 10.3. The summed E-state index contributed by atoms with van der Waals surface area (Å²) in [6.45, 7) is 4.01. The summed E-state index contributed by atoms with van der Waals surface area (Å²) in [5.41, 5.74) is 0.466. The van der Waals surface area contributed by atoms with E-state index < -0.39 is 0 Å². The third-order valence-corrected chi connectivity index (χ3v) is 1.70. The first-order chi connectivity index (χ1) is 5.09. The summed E-state index contributed by atoms with van der Waals surface area (Å²) < 4.78 is 0. The van der Waals surface area contributed by atoms with Crippen molar-refractivity contribution in [3.05, 3.63) is 0 Å². The Balaban J connectivity index is 3.90.